The van der Waals surface area contributed by atoms with Crippen LogP contribution in [0.2, 0.25) is 0 Å². The van der Waals surface area contributed by atoms with Crippen molar-refractivity contribution in [2.24, 2.45) is 5.92 Å². The van der Waals surface area contributed by atoms with Crippen LogP contribution >= 0.6 is 0 Å². The molecule has 0 saturated carbocycles. The minimum Gasteiger partial charge on any atom is -0.389 e. The van der Waals surface area contributed by atoms with Gasteiger partial charge in [-0.3, -0.25) is 0 Å². The van der Waals surface area contributed by atoms with Gasteiger partial charge in [-0.2, -0.15) is 0 Å². The highest BCUT2D eigenvalue weighted by molar-refractivity contribution is 5.21. The zero-order valence-corrected chi connectivity index (χ0v) is 12.4. The van der Waals surface area contributed by atoms with Crippen molar-refractivity contribution >= 4 is 0 Å². The fourth-order valence-corrected chi connectivity index (χ4v) is 1.70. The molecule has 0 spiro atoms. The van der Waals surface area contributed by atoms with Crippen molar-refractivity contribution in [3.8, 4) is 0 Å². The first-order valence-electron chi connectivity index (χ1n) is 6.67. The monoisotopic (exact) mass is 287 g/mol. The van der Waals surface area contributed by atoms with Gasteiger partial charge in [0.2, 0.25) is 0 Å². The molecule has 20 heavy (non-hydrogen) atoms. The number of aliphatic hydroxyl groups is 1. The van der Waals surface area contributed by atoms with E-state index in [2.05, 4.69) is 5.32 Å². The average Bonchev–Trinajstić information content (AvgIpc) is 2.37. The van der Waals surface area contributed by atoms with Crippen LogP contribution in [0.25, 0.3) is 0 Å². The fraction of sp³-hybridized carbons (Fsp3) is 0.600. The van der Waals surface area contributed by atoms with Crippen molar-refractivity contribution in [1.82, 2.24) is 5.32 Å². The fourth-order valence-electron chi connectivity index (χ4n) is 1.70. The van der Waals surface area contributed by atoms with Crippen LogP contribution in [0, 0.1) is 17.6 Å². The summed E-state index contributed by atoms with van der Waals surface area (Å²) in [6, 6.07) is 3.45. The zero-order chi connectivity index (χ0) is 15.3. The molecule has 1 aromatic carbocycles. The van der Waals surface area contributed by atoms with E-state index in [4.69, 9.17) is 4.74 Å². The van der Waals surface area contributed by atoms with E-state index in [9.17, 15) is 13.9 Å². The lowest BCUT2D eigenvalue weighted by molar-refractivity contribution is 0.00894. The first-order chi connectivity index (χ1) is 9.27. The van der Waals surface area contributed by atoms with Crippen LogP contribution in [0.4, 0.5) is 8.78 Å². The van der Waals surface area contributed by atoms with Gasteiger partial charge in [0, 0.05) is 13.7 Å². The lowest BCUT2D eigenvalue weighted by Gasteiger charge is -2.30. The summed E-state index contributed by atoms with van der Waals surface area (Å²) in [5, 5.41) is 13.4. The first-order valence-corrected chi connectivity index (χ1v) is 6.67. The number of hydrogen-bond acceptors (Lipinski definition) is 3. The molecule has 0 aliphatic carbocycles. The van der Waals surface area contributed by atoms with Crippen LogP contribution in [0.5, 0.6) is 0 Å². The second-order valence-corrected chi connectivity index (χ2v) is 5.57. The number of methoxy groups -OCH3 is 1. The molecule has 3 nitrogen and oxygen atoms in total. The molecule has 0 bridgehead atoms. The summed E-state index contributed by atoms with van der Waals surface area (Å²) in [6.45, 7) is 6.21. The lowest BCUT2D eigenvalue weighted by Crippen LogP contribution is -2.44. The van der Waals surface area contributed by atoms with E-state index in [0.29, 0.717) is 18.7 Å². The predicted molar refractivity (Wildman–Crippen MR) is 74.4 cm³/mol. The molecular weight excluding hydrogens is 264 g/mol. The van der Waals surface area contributed by atoms with Gasteiger partial charge in [-0.25, -0.2) is 8.78 Å². The highest BCUT2D eigenvalue weighted by Gasteiger charge is 2.26. The molecule has 0 radical (unpaired) electrons. The van der Waals surface area contributed by atoms with E-state index in [-0.39, 0.29) is 12.0 Å². The number of benzene rings is 1. The second-order valence-electron chi connectivity index (χ2n) is 5.57. The smallest absolute Gasteiger partial charge is 0.159 e. The Morgan fingerprint density at radius 1 is 1.30 bits per heavy atom. The minimum absolute atomic E-state index is 0.0724. The van der Waals surface area contributed by atoms with Crippen LogP contribution in [0.1, 0.15) is 32.4 Å². The lowest BCUT2D eigenvalue weighted by atomic mass is 9.92. The van der Waals surface area contributed by atoms with E-state index < -0.39 is 17.2 Å². The molecule has 0 aliphatic rings. The zero-order valence-electron chi connectivity index (χ0n) is 12.4. The Kier molecular flexibility index (Phi) is 6.05. The van der Waals surface area contributed by atoms with Crippen molar-refractivity contribution in [3.05, 3.63) is 35.4 Å². The SMILES string of the molecule is COCC(NCC(C)(O)C(C)C)c1ccc(F)c(F)c1. The van der Waals surface area contributed by atoms with Crippen molar-refractivity contribution in [2.75, 3.05) is 20.3 Å². The standard InChI is InChI=1S/C15H23F2NO2/c1-10(2)15(3,19)9-18-14(8-20-4)11-5-6-12(16)13(17)7-11/h5-7,10,14,18-19H,8-9H2,1-4H3. The van der Waals surface area contributed by atoms with Crippen LogP contribution in [-0.2, 0) is 4.74 Å². The molecule has 0 fully saturated rings. The van der Waals surface area contributed by atoms with Crippen LogP contribution in [-0.4, -0.2) is 31.0 Å². The summed E-state index contributed by atoms with van der Waals surface area (Å²) in [5.74, 6) is -1.69. The van der Waals surface area contributed by atoms with Gasteiger partial charge >= 0.3 is 0 Å². The molecule has 0 heterocycles. The van der Waals surface area contributed by atoms with E-state index in [1.807, 2.05) is 13.8 Å². The van der Waals surface area contributed by atoms with Gasteiger partial charge in [0.1, 0.15) is 0 Å². The summed E-state index contributed by atoms with van der Waals surface area (Å²) in [4.78, 5) is 0. The molecule has 0 aromatic heterocycles. The Labute approximate surface area is 119 Å². The topological polar surface area (TPSA) is 41.5 Å². The molecule has 114 valence electrons. The summed E-state index contributed by atoms with van der Waals surface area (Å²) in [5.41, 5.74) is -0.296. The van der Waals surface area contributed by atoms with Crippen LogP contribution < -0.4 is 5.32 Å². The maximum Gasteiger partial charge on any atom is 0.159 e. The molecule has 1 rings (SSSR count). The summed E-state index contributed by atoms with van der Waals surface area (Å²) >= 11 is 0. The second kappa shape index (κ2) is 7.11. The number of nitrogens with one attached hydrogen (secondary N) is 1. The minimum atomic E-state index is -0.888. The first kappa shape index (κ1) is 17.0. The van der Waals surface area contributed by atoms with E-state index in [0.717, 1.165) is 12.1 Å². The molecule has 0 aliphatic heterocycles. The number of ether oxygens (including phenoxy) is 1. The predicted octanol–water partition coefficient (Wildman–Crippen LogP) is 2.65. The number of halogens is 2. The summed E-state index contributed by atoms with van der Waals surface area (Å²) < 4.78 is 31.3. The van der Waals surface area contributed by atoms with Crippen molar-refractivity contribution < 1.29 is 18.6 Å². The number of rotatable bonds is 7. The highest BCUT2D eigenvalue weighted by atomic mass is 19.2. The average molecular weight is 287 g/mol. The maximum absolute atomic E-state index is 13.3. The maximum atomic E-state index is 13.3. The van der Waals surface area contributed by atoms with Gasteiger partial charge in [-0.15, -0.1) is 0 Å². The van der Waals surface area contributed by atoms with Crippen molar-refractivity contribution in [2.45, 2.75) is 32.4 Å². The van der Waals surface area contributed by atoms with Gasteiger partial charge in [-0.1, -0.05) is 19.9 Å². The molecule has 2 atom stereocenters. The summed E-state index contributed by atoms with van der Waals surface area (Å²) in [6.07, 6.45) is 0. The Bertz CT molecular complexity index is 436. The normalized spacial score (nSPS) is 16.2. The Balaban J connectivity index is 2.81. The van der Waals surface area contributed by atoms with Gasteiger partial charge in [-0.05, 0) is 30.5 Å². The Hall–Kier alpha value is -1.04. The van der Waals surface area contributed by atoms with Crippen molar-refractivity contribution in [1.29, 1.82) is 0 Å². The summed E-state index contributed by atoms with van der Waals surface area (Å²) in [7, 11) is 1.54. The van der Waals surface area contributed by atoms with Gasteiger partial charge in [0.05, 0.1) is 18.2 Å². The Morgan fingerprint density at radius 2 is 1.95 bits per heavy atom. The molecular formula is C15H23F2NO2. The molecule has 0 amide bonds. The van der Waals surface area contributed by atoms with E-state index >= 15 is 0 Å². The molecule has 2 unspecified atom stereocenters. The molecule has 0 saturated heterocycles. The van der Waals surface area contributed by atoms with E-state index in [1.165, 1.54) is 13.2 Å². The van der Waals surface area contributed by atoms with Gasteiger partial charge < -0.3 is 15.2 Å². The van der Waals surface area contributed by atoms with Crippen LogP contribution in [0.3, 0.4) is 0 Å². The largest absolute Gasteiger partial charge is 0.389 e. The van der Waals surface area contributed by atoms with Gasteiger partial charge in [0.15, 0.2) is 11.6 Å². The third-order valence-electron chi connectivity index (χ3n) is 3.63. The highest BCUT2D eigenvalue weighted by Crippen LogP contribution is 2.20. The van der Waals surface area contributed by atoms with Crippen molar-refractivity contribution in [3.63, 3.8) is 0 Å². The number of hydrogen-bond donors (Lipinski definition) is 2. The Morgan fingerprint density at radius 3 is 2.45 bits per heavy atom. The third-order valence-corrected chi connectivity index (χ3v) is 3.63. The molecule has 1 aromatic rings. The molecule has 5 heteroatoms. The van der Waals surface area contributed by atoms with Crippen LogP contribution in [0.15, 0.2) is 18.2 Å². The molecule has 2 N–H and O–H groups in total. The van der Waals surface area contributed by atoms with Gasteiger partial charge in [0.25, 0.3) is 0 Å². The van der Waals surface area contributed by atoms with E-state index in [1.54, 1.807) is 6.92 Å². The third kappa shape index (κ3) is 4.51. The quantitative estimate of drug-likeness (QED) is 0.810.